The van der Waals surface area contributed by atoms with Crippen molar-refractivity contribution in [2.24, 2.45) is 7.05 Å². The minimum atomic E-state index is -0.398. The first-order valence-corrected chi connectivity index (χ1v) is 9.35. The average molecular weight is 394 g/mol. The van der Waals surface area contributed by atoms with Gasteiger partial charge in [0, 0.05) is 31.6 Å². The minimum absolute atomic E-state index is 0.0627. The number of rotatable bonds is 5. The van der Waals surface area contributed by atoms with E-state index in [0.29, 0.717) is 30.5 Å². The van der Waals surface area contributed by atoms with E-state index in [9.17, 15) is 4.79 Å². The fourth-order valence-electron chi connectivity index (χ4n) is 3.06. The van der Waals surface area contributed by atoms with Crippen molar-refractivity contribution >= 4 is 17.3 Å². The van der Waals surface area contributed by atoms with Gasteiger partial charge in [0.25, 0.3) is 5.91 Å². The van der Waals surface area contributed by atoms with Crippen molar-refractivity contribution in [3.63, 3.8) is 0 Å². The van der Waals surface area contributed by atoms with Crippen molar-refractivity contribution in [1.29, 1.82) is 0 Å². The number of nitrogens with two attached hydrogens (primary N) is 1. The zero-order valence-electron chi connectivity index (χ0n) is 16.0. The summed E-state index contributed by atoms with van der Waals surface area (Å²) in [7, 11) is 1.84. The lowest BCUT2D eigenvalue weighted by molar-refractivity contribution is 0.0235. The lowest BCUT2D eigenvalue weighted by Crippen LogP contribution is -2.26. The molecule has 1 aliphatic rings. The lowest BCUT2D eigenvalue weighted by Gasteiger charge is -2.22. The normalized spacial score (nSPS) is 14.5. The Kier molecular flexibility index (Phi) is 5.39. The van der Waals surface area contributed by atoms with Gasteiger partial charge in [0.15, 0.2) is 0 Å². The summed E-state index contributed by atoms with van der Waals surface area (Å²) in [4.78, 5) is 20.9. The van der Waals surface area contributed by atoms with Crippen LogP contribution in [0.5, 0.6) is 5.88 Å². The Morgan fingerprint density at radius 3 is 2.72 bits per heavy atom. The van der Waals surface area contributed by atoms with Crippen LogP contribution in [0.25, 0.3) is 11.1 Å². The molecule has 1 fully saturated rings. The number of nitrogens with one attached hydrogen (secondary N) is 1. The number of carbonyl (C=O) groups excluding carboxylic acids is 1. The SMILES string of the molecule is Cn1cc(-c2ccc(N)c(NC(=O)c3cnc(OC4CCOCC4)cn3)c2)cn1. The molecule has 9 nitrogen and oxygen atoms in total. The van der Waals surface area contributed by atoms with Crippen LogP contribution in [0.4, 0.5) is 11.4 Å². The molecule has 3 N–H and O–H groups in total. The van der Waals surface area contributed by atoms with Crippen molar-refractivity contribution in [3.05, 3.63) is 48.7 Å². The minimum Gasteiger partial charge on any atom is -0.473 e. The predicted octanol–water partition coefficient (Wildman–Crippen LogP) is 2.27. The molecule has 1 amide bonds. The molecule has 1 aromatic carbocycles. The Morgan fingerprint density at radius 2 is 2.03 bits per heavy atom. The highest BCUT2D eigenvalue weighted by molar-refractivity contribution is 6.04. The number of hydrogen-bond donors (Lipinski definition) is 2. The van der Waals surface area contributed by atoms with Gasteiger partial charge < -0.3 is 20.5 Å². The quantitative estimate of drug-likeness (QED) is 0.638. The Morgan fingerprint density at radius 1 is 1.21 bits per heavy atom. The summed E-state index contributed by atoms with van der Waals surface area (Å²) < 4.78 is 12.8. The molecule has 3 aromatic rings. The maximum atomic E-state index is 12.6. The summed E-state index contributed by atoms with van der Waals surface area (Å²) in [6, 6.07) is 5.43. The molecule has 0 saturated carbocycles. The van der Waals surface area contributed by atoms with Crippen LogP contribution in [0, 0.1) is 0 Å². The van der Waals surface area contributed by atoms with Crippen LogP contribution < -0.4 is 15.8 Å². The molecule has 3 heterocycles. The van der Waals surface area contributed by atoms with Crippen LogP contribution >= 0.6 is 0 Å². The Balaban J connectivity index is 1.44. The third-order valence-corrected chi connectivity index (χ3v) is 4.66. The Bertz CT molecular complexity index is 996. The van der Waals surface area contributed by atoms with Crippen molar-refractivity contribution in [1.82, 2.24) is 19.7 Å². The highest BCUT2D eigenvalue weighted by Gasteiger charge is 2.17. The van der Waals surface area contributed by atoms with E-state index in [4.69, 9.17) is 15.2 Å². The van der Waals surface area contributed by atoms with E-state index < -0.39 is 5.91 Å². The Labute approximate surface area is 167 Å². The zero-order valence-corrected chi connectivity index (χ0v) is 16.0. The zero-order chi connectivity index (χ0) is 20.2. The van der Waals surface area contributed by atoms with Gasteiger partial charge in [-0.2, -0.15) is 5.10 Å². The maximum Gasteiger partial charge on any atom is 0.275 e. The second-order valence-corrected chi connectivity index (χ2v) is 6.83. The smallest absolute Gasteiger partial charge is 0.275 e. The fraction of sp³-hybridized carbons (Fsp3) is 0.300. The van der Waals surface area contributed by atoms with Gasteiger partial charge >= 0.3 is 0 Å². The van der Waals surface area contributed by atoms with Crippen molar-refractivity contribution < 1.29 is 14.3 Å². The molecule has 2 aromatic heterocycles. The fourth-order valence-corrected chi connectivity index (χ4v) is 3.06. The molecule has 1 aliphatic heterocycles. The maximum absolute atomic E-state index is 12.6. The third kappa shape index (κ3) is 4.52. The summed E-state index contributed by atoms with van der Waals surface area (Å²) >= 11 is 0. The molecule has 1 saturated heterocycles. The molecule has 0 spiro atoms. The van der Waals surface area contributed by atoms with E-state index in [2.05, 4.69) is 20.4 Å². The molecular weight excluding hydrogens is 372 g/mol. The number of nitrogen functional groups attached to an aromatic ring is 1. The second kappa shape index (κ2) is 8.27. The number of benzene rings is 1. The first kappa shape index (κ1) is 18.9. The molecular formula is C20H22N6O3. The van der Waals surface area contributed by atoms with Crippen molar-refractivity contribution in [2.75, 3.05) is 24.3 Å². The van der Waals surface area contributed by atoms with Crippen LogP contribution in [0.3, 0.4) is 0 Å². The van der Waals surface area contributed by atoms with Gasteiger partial charge in [-0.3, -0.25) is 9.48 Å². The standard InChI is InChI=1S/C20H22N6O3/c1-26-12-14(9-24-26)13-2-3-16(21)17(8-13)25-20(27)18-10-23-19(11-22-18)29-15-4-6-28-7-5-15/h2-3,8-12,15H,4-7,21H2,1H3,(H,25,27). The first-order chi connectivity index (χ1) is 14.1. The van der Waals surface area contributed by atoms with Crippen LogP contribution in [0.15, 0.2) is 43.0 Å². The molecule has 4 rings (SSSR count). The first-order valence-electron chi connectivity index (χ1n) is 9.35. The monoisotopic (exact) mass is 394 g/mol. The van der Waals surface area contributed by atoms with Gasteiger partial charge in [-0.25, -0.2) is 9.97 Å². The Hall–Kier alpha value is -3.46. The van der Waals surface area contributed by atoms with E-state index in [0.717, 1.165) is 24.0 Å². The van der Waals surface area contributed by atoms with Crippen molar-refractivity contribution in [2.45, 2.75) is 18.9 Å². The highest BCUT2D eigenvalue weighted by atomic mass is 16.5. The van der Waals surface area contributed by atoms with Crippen LogP contribution in [-0.2, 0) is 11.8 Å². The van der Waals surface area contributed by atoms with Gasteiger partial charge in [0.2, 0.25) is 5.88 Å². The molecule has 9 heteroatoms. The number of ether oxygens (including phenoxy) is 2. The van der Waals surface area contributed by atoms with Gasteiger partial charge in [-0.15, -0.1) is 0 Å². The summed E-state index contributed by atoms with van der Waals surface area (Å²) in [5.74, 6) is -0.00306. The molecule has 0 bridgehead atoms. The third-order valence-electron chi connectivity index (χ3n) is 4.66. The van der Waals surface area contributed by atoms with Gasteiger partial charge in [-0.05, 0) is 17.7 Å². The van der Waals surface area contributed by atoms with E-state index in [-0.39, 0.29) is 11.8 Å². The highest BCUT2D eigenvalue weighted by Crippen LogP contribution is 2.27. The molecule has 0 unspecified atom stereocenters. The van der Waals surface area contributed by atoms with Crippen LogP contribution in [0.1, 0.15) is 23.3 Å². The number of aryl methyl sites for hydroxylation is 1. The summed E-state index contributed by atoms with van der Waals surface area (Å²) in [6.45, 7) is 1.36. The number of anilines is 2. The van der Waals surface area contributed by atoms with E-state index >= 15 is 0 Å². The molecule has 0 aliphatic carbocycles. The number of aromatic nitrogens is 4. The van der Waals surface area contributed by atoms with Gasteiger partial charge in [0.1, 0.15) is 11.8 Å². The number of hydrogen-bond acceptors (Lipinski definition) is 7. The summed E-state index contributed by atoms with van der Waals surface area (Å²) in [6.07, 6.45) is 8.19. The summed E-state index contributed by atoms with van der Waals surface area (Å²) in [5, 5.41) is 6.96. The molecule has 150 valence electrons. The average Bonchev–Trinajstić information content (AvgIpc) is 3.17. The summed E-state index contributed by atoms with van der Waals surface area (Å²) in [5.41, 5.74) is 8.98. The molecule has 0 atom stereocenters. The number of carbonyl (C=O) groups is 1. The van der Waals surface area contributed by atoms with Gasteiger partial charge in [0.05, 0.1) is 43.2 Å². The van der Waals surface area contributed by atoms with Crippen LogP contribution in [0.2, 0.25) is 0 Å². The topological polar surface area (TPSA) is 117 Å². The van der Waals surface area contributed by atoms with Gasteiger partial charge in [-0.1, -0.05) is 6.07 Å². The van der Waals surface area contributed by atoms with E-state index in [1.54, 1.807) is 23.0 Å². The van der Waals surface area contributed by atoms with Crippen molar-refractivity contribution in [3.8, 4) is 17.0 Å². The van der Waals surface area contributed by atoms with E-state index in [1.165, 1.54) is 12.4 Å². The van der Waals surface area contributed by atoms with Crippen LogP contribution in [-0.4, -0.2) is 45.0 Å². The molecule has 0 radical (unpaired) electrons. The predicted molar refractivity (Wildman–Crippen MR) is 108 cm³/mol. The second-order valence-electron chi connectivity index (χ2n) is 6.83. The number of amides is 1. The lowest BCUT2D eigenvalue weighted by atomic mass is 10.1. The molecule has 29 heavy (non-hydrogen) atoms. The van der Waals surface area contributed by atoms with E-state index in [1.807, 2.05) is 19.3 Å². The largest absolute Gasteiger partial charge is 0.473 e. The number of nitrogens with zero attached hydrogens (tertiary/aromatic N) is 4.